The quantitative estimate of drug-likeness (QED) is 0.423. The maximum Gasteiger partial charge on any atom is 0.292 e. The van der Waals surface area contributed by atoms with Gasteiger partial charge in [0.05, 0.1) is 10.6 Å². The Bertz CT molecular complexity index is 353. The molecule has 0 saturated heterocycles. The van der Waals surface area contributed by atoms with E-state index in [2.05, 4.69) is 5.43 Å². The van der Waals surface area contributed by atoms with Crippen LogP contribution in [0.15, 0.2) is 18.2 Å². The van der Waals surface area contributed by atoms with Crippen LogP contribution in [0.25, 0.3) is 0 Å². The fourth-order valence-electron chi connectivity index (χ4n) is 1.05. The van der Waals surface area contributed by atoms with Gasteiger partial charge in [0.25, 0.3) is 5.69 Å². The minimum atomic E-state index is -0.502. The number of nitrogens with one attached hydrogen (secondary N) is 1. The van der Waals surface area contributed by atoms with Gasteiger partial charge in [0.2, 0.25) is 0 Å². The van der Waals surface area contributed by atoms with Crippen LogP contribution in [-0.4, -0.2) is 19.0 Å². The summed E-state index contributed by atoms with van der Waals surface area (Å²) in [6.45, 7) is 0. The number of anilines is 2. The Morgan fingerprint density at radius 1 is 1.57 bits per heavy atom. The minimum Gasteiger partial charge on any atom is -0.393 e. The van der Waals surface area contributed by atoms with Gasteiger partial charge in [0, 0.05) is 20.2 Å². The van der Waals surface area contributed by atoms with E-state index in [0.717, 1.165) is 5.69 Å². The van der Waals surface area contributed by atoms with Crippen molar-refractivity contribution in [2.45, 2.75) is 0 Å². The van der Waals surface area contributed by atoms with E-state index in [9.17, 15) is 10.1 Å². The van der Waals surface area contributed by atoms with Crippen LogP contribution in [0.4, 0.5) is 17.1 Å². The lowest BCUT2D eigenvalue weighted by Gasteiger charge is -2.17. The molecule has 1 rings (SSSR count). The van der Waals surface area contributed by atoms with Crippen LogP contribution in [-0.2, 0) is 0 Å². The van der Waals surface area contributed by atoms with Crippen molar-refractivity contribution >= 4 is 17.1 Å². The Morgan fingerprint density at radius 2 is 2.21 bits per heavy atom. The summed E-state index contributed by atoms with van der Waals surface area (Å²) in [5.74, 6) is 0. The second-order valence-electron chi connectivity index (χ2n) is 2.78. The molecule has 0 radical (unpaired) electrons. The fourth-order valence-corrected chi connectivity index (χ4v) is 1.05. The summed E-state index contributed by atoms with van der Waals surface area (Å²) in [5.41, 5.74) is 9.25. The summed E-state index contributed by atoms with van der Waals surface area (Å²) in [4.78, 5) is 9.97. The van der Waals surface area contributed by atoms with Crippen LogP contribution in [0.5, 0.6) is 0 Å². The van der Waals surface area contributed by atoms with E-state index in [0.29, 0.717) is 0 Å². The predicted molar refractivity (Wildman–Crippen MR) is 55.0 cm³/mol. The Balaban J connectivity index is 3.06. The van der Waals surface area contributed by atoms with Crippen LogP contribution < -0.4 is 16.2 Å². The smallest absolute Gasteiger partial charge is 0.292 e. The molecule has 6 nitrogen and oxygen atoms in total. The van der Waals surface area contributed by atoms with Crippen LogP contribution in [0.2, 0.25) is 0 Å². The second kappa shape index (κ2) is 3.93. The molecule has 0 aromatic heterocycles. The number of nitrogens with zero attached hydrogens (tertiary/aromatic N) is 2. The highest BCUT2D eigenvalue weighted by molar-refractivity contribution is 5.66. The molecule has 76 valence electrons. The van der Waals surface area contributed by atoms with Gasteiger partial charge in [-0.15, -0.1) is 0 Å². The molecule has 1 aromatic rings. The molecule has 0 aliphatic carbocycles. The van der Waals surface area contributed by atoms with Crippen LogP contribution in [0.1, 0.15) is 0 Å². The number of nitrogen functional groups attached to an aromatic ring is 1. The van der Waals surface area contributed by atoms with Crippen LogP contribution in [0.3, 0.4) is 0 Å². The van der Waals surface area contributed by atoms with Gasteiger partial charge in [0.1, 0.15) is 5.69 Å². The molecular weight excluding hydrogens is 184 g/mol. The number of nitro groups is 1. The standard InChI is InChI=1S/C8H12N4O2/c1-10-11(2)6-3-4-8(12(13)14)7(9)5-6/h3-5,10H,9H2,1-2H3. The van der Waals surface area contributed by atoms with Gasteiger partial charge >= 0.3 is 0 Å². The number of hydrazine groups is 1. The van der Waals surface area contributed by atoms with E-state index < -0.39 is 4.92 Å². The summed E-state index contributed by atoms with van der Waals surface area (Å²) < 4.78 is 0. The molecule has 0 aliphatic rings. The Labute approximate surface area is 81.4 Å². The zero-order chi connectivity index (χ0) is 10.7. The van der Waals surface area contributed by atoms with Crippen molar-refractivity contribution in [2.24, 2.45) is 0 Å². The molecule has 0 bridgehead atoms. The number of rotatable bonds is 3. The van der Waals surface area contributed by atoms with Gasteiger partial charge < -0.3 is 10.7 Å². The molecule has 0 unspecified atom stereocenters. The minimum absolute atomic E-state index is 0.0711. The summed E-state index contributed by atoms with van der Waals surface area (Å²) in [6.07, 6.45) is 0. The number of benzene rings is 1. The van der Waals surface area contributed by atoms with Crippen molar-refractivity contribution in [3.05, 3.63) is 28.3 Å². The van der Waals surface area contributed by atoms with Gasteiger partial charge in [-0.05, 0) is 12.1 Å². The molecule has 3 N–H and O–H groups in total. The topological polar surface area (TPSA) is 84.4 Å². The van der Waals surface area contributed by atoms with E-state index in [4.69, 9.17) is 5.73 Å². The first-order valence-electron chi connectivity index (χ1n) is 4.01. The Morgan fingerprint density at radius 3 is 2.64 bits per heavy atom. The lowest BCUT2D eigenvalue weighted by atomic mass is 10.2. The Kier molecular flexibility index (Phi) is 2.88. The SMILES string of the molecule is CNN(C)c1ccc([N+](=O)[O-])c(N)c1. The zero-order valence-corrected chi connectivity index (χ0v) is 8.02. The van der Waals surface area contributed by atoms with Crippen molar-refractivity contribution in [1.29, 1.82) is 0 Å². The molecule has 0 saturated carbocycles. The molecule has 0 aliphatic heterocycles. The normalized spacial score (nSPS) is 9.86. The van der Waals surface area contributed by atoms with Crippen molar-refractivity contribution in [3.63, 3.8) is 0 Å². The summed E-state index contributed by atoms with van der Waals surface area (Å²) in [7, 11) is 3.54. The largest absolute Gasteiger partial charge is 0.393 e. The summed E-state index contributed by atoms with van der Waals surface area (Å²) in [6, 6.07) is 4.57. The third-order valence-electron chi connectivity index (χ3n) is 1.93. The highest BCUT2D eigenvalue weighted by Crippen LogP contribution is 2.25. The van der Waals surface area contributed by atoms with Gasteiger partial charge in [-0.25, -0.2) is 5.43 Å². The van der Waals surface area contributed by atoms with E-state index in [-0.39, 0.29) is 11.4 Å². The molecule has 0 atom stereocenters. The van der Waals surface area contributed by atoms with Crippen molar-refractivity contribution in [1.82, 2.24) is 5.43 Å². The first-order valence-corrected chi connectivity index (χ1v) is 4.01. The van der Waals surface area contributed by atoms with Crippen molar-refractivity contribution < 1.29 is 4.92 Å². The van der Waals surface area contributed by atoms with Crippen LogP contribution in [0, 0.1) is 10.1 Å². The van der Waals surface area contributed by atoms with Crippen LogP contribution >= 0.6 is 0 Å². The predicted octanol–water partition coefficient (Wildman–Crippen LogP) is 0.748. The average molecular weight is 196 g/mol. The maximum absolute atomic E-state index is 10.5. The zero-order valence-electron chi connectivity index (χ0n) is 8.02. The second-order valence-corrected chi connectivity index (χ2v) is 2.78. The van der Waals surface area contributed by atoms with E-state index in [1.54, 1.807) is 31.2 Å². The van der Waals surface area contributed by atoms with Gasteiger partial charge in [0.15, 0.2) is 0 Å². The highest BCUT2D eigenvalue weighted by Gasteiger charge is 2.11. The van der Waals surface area contributed by atoms with E-state index in [1.165, 1.54) is 6.07 Å². The third kappa shape index (κ3) is 1.91. The van der Waals surface area contributed by atoms with Crippen molar-refractivity contribution in [2.75, 3.05) is 24.8 Å². The number of hydrogen-bond acceptors (Lipinski definition) is 5. The van der Waals surface area contributed by atoms with E-state index >= 15 is 0 Å². The fraction of sp³-hybridized carbons (Fsp3) is 0.250. The molecule has 0 spiro atoms. The molecule has 14 heavy (non-hydrogen) atoms. The molecule has 0 heterocycles. The lowest BCUT2D eigenvalue weighted by Crippen LogP contribution is -2.30. The maximum atomic E-state index is 10.5. The molecule has 1 aromatic carbocycles. The van der Waals surface area contributed by atoms with Gasteiger partial charge in [-0.1, -0.05) is 0 Å². The first kappa shape index (κ1) is 10.3. The highest BCUT2D eigenvalue weighted by atomic mass is 16.6. The summed E-state index contributed by atoms with van der Waals surface area (Å²) in [5, 5.41) is 12.2. The Hall–Kier alpha value is -1.82. The van der Waals surface area contributed by atoms with Gasteiger partial charge in [-0.2, -0.15) is 0 Å². The van der Waals surface area contributed by atoms with Gasteiger partial charge in [-0.3, -0.25) is 10.1 Å². The number of nitrogens with two attached hydrogens (primary N) is 1. The lowest BCUT2D eigenvalue weighted by molar-refractivity contribution is -0.383. The van der Waals surface area contributed by atoms with Crippen molar-refractivity contribution in [3.8, 4) is 0 Å². The number of nitro benzene ring substituents is 1. The monoisotopic (exact) mass is 196 g/mol. The molecule has 0 fully saturated rings. The molecule has 6 heteroatoms. The molecule has 0 amide bonds. The number of hydrogen-bond donors (Lipinski definition) is 2. The average Bonchev–Trinajstić information content (AvgIpc) is 2.15. The third-order valence-corrected chi connectivity index (χ3v) is 1.93. The molecular formula is C8H12N4O2. The van der Waals surface area contributed by atoms with E-state index in [1.807, 2.05) is 0 Å². The first-order chi connectivity index (χ1) is 6.56. The summed E-state index contributed by atoms with van der Waals surface area (Å²) >= 11 is 0.